The van der Waals surface area contributed by atoms with Crippen LogP contribution in [0.25, 0.3) is 21.5 Å². The predicted octanol–water partition coefficient (Wildman–Crippen LogP) is 3.88. The largest absolute Gasteiger partial charge is 0.418 e. The molecule has 2 aromatic heterocycles. The highest BCUT2D eigenvalue weighted by molar-refractivity contribution is 7.13. The SMILES string of the molecule is O=C(NCc1nnc(-c2cccs2)o1)c1cccc2ccccc12. The Bertz CT molecular complexity index is 987. The van der Waals surface area contributed by atoms with Gasteiger partial charge in [0.25, 0.3) is 11.8 Å². The molecule has 0 aliphatic heterocycles. The second-order valence-corrected chi connectivity index (χ2v) is 6.14. The van der Waals surface area contributed by atoms with E-state index in [4.69, 9.17) is 4.42 Å². The molecular formula is C18H13N3O2S. The van der Waals surface area contributed by atoms with E-state index in [2.05, 4.69) is 15.5 Å². The summed E-state index contributed by atoms with van der Waals surface area (Å²) < 4.78 is 5.58. The van der Waals surface area contributed by atoms with Crippen molar-refractivity contribution < 1.29 is 9.21 Å². The third kappa shape index (κ3) is 2.79. The van der Waals surface area contributed by atoms with Gasteiger partial charge in [-0.15, -0.1) is 21.5 Å². The highest BCUT2D eigenvalue weighted by atomic mass is 32.1. The molecule has 0 bridgehead atoms. The Balaban J connectivity index is 1.50. The Hall–Kier alpha value is -2.99. The maximum Gasteiger partial charge on any atom is 0.257 e. The van der Waals surface area contributed by atoms with Gasteiger partial charge in [0.2, 0.25) is 5.89 Å². The van der Waals surface area contributed by atoms with E-state index in [-0.39, 0.29) is 12.5 Å². The zero-order chi connectivity index (χ0) is 16.4. The average molecular weight is 335 g/mol. The number of carbonyl (C=O) groups is 1. The molecule has 118 valence electrons. The van der Waals surface area contributed by atoms with E-state index in [1.807, 2.05) is 60.0 Å². The number of fused-ring (bicyclic) bond motifs is 1. The third-order valence-corrected chi connectivity index (χ3v) is 4.49. The average Bonchev–Trinajstić information content (AvgIpc) is 3.30. The van der Waals surface area contributed by atoms with Gasteiger partial charge < -0.3 is 9.73 Å². The van der Waals surface area contributed by atoms with E-state index in [0.717, 1.165) is 15.6 Å². The Kier molecular flexibility index (Phi) is 3.80. The second-order valence-electron chi connectivity index (χ2n) is 5.19. The number of nitrogens with zero attached hydrogens (tertiary/aromatic N) is 2. The number of benzene rings is 2. The van der Waals surface area contributed by atoms with Crippen molar-refractivity contribution >= 4 is 28.0 Å². The number of amides is 1. The summed E-state index contributed by atoms with van der Waals surface area (Å²) in [5, 5.41) is 14.7. The summed E-state index contributed by atoms with van der Waals surface area (Å²) in [5.74, 6) is 0.689. The molecule has 0 atom stereocenters. The molecule has 2 aromatic carbocycles. The first kappa shape index (κ1) is 14.6. The van der Waals surface area contributed by atoms with Crippen LogP contribution in [-0.4, -0.2) is 16.1 Å². The molecule has 0 fully saturated rings. The van der Waals surface area contributed by atoms with Crippen molar-refractivity contribution in [1.29, 1.82) is 0 Å². The quantitative estimate of drug-likeness (QED) is 0.614. The fourth-order valence-electron chi connectivity index (χ4n) is 2.50. The van der Waals surface area contributed by atoms with Crippen molar-refractivity contribution in [1.82, 2.24) is 15.5 Å². The summed E-state index contributed by atoms with van der Waals surface area (Å²) in [7, 11) is 0. The van der Waals surface area contributed by atoms with Crippen molar-refractivity contribution in [3.8, 4) is 10.8 Å². The lowest BCUT2D eigenvalue weighted by atomic mass is 10.0. The van der Waals surface area contributed by atoms with Crippen molar-refractivity contribution in [2.75, 3.05) is 0 Å². The third-order valence-electron chi connectivity index (χ3n) is 3.63. The fraction of sp³-hybridized carbons (Fsp3) is 0.0556. The standard InChI is InChI=1S/C18H13N3O2S/c22-17(14-8-3-6-12-5-1-2-7-13(12)14)19-11-16-20-21-18(23-16)15-9-4-10-24-15/h1-10H,11H2,(H,19,22). The summed E-state index contributed by atoms with van der Waals surface area (Å²) in [6.45, 7) is 0.195. The van der Waals surface area contributed by atoms with Gasteiger partial charge in [0.1, 0.15) is 0 Å². The minimum Gasteiger partial charge on any atom is -0.418 e. The minimum atomic E-state index is -0.164. The van der Waals surface area contributed by atoms with Gasteiger partial charge >= 0.3 is 0 Å². The molecule has 24 heavy (non-hydrogen) atoms. The Morgan fingerprint density at radius 1 is 1.04 bits per heavy atom. The van der Waals surface area contributed by atoms with Crippen LogP contribution in [0, 0.1) is 0 Å². The van der Waals surface area contributed by atoms with Crippen LogP contribution in [0.3, 0.4) is 0 Å². The van der Waals surface area contributed by atoms with Gasteiger partial charge in [0, 0.05) is 5.56 Å². The van der Waals surface area contributed by atoms with Gasteiger partial charge in [-0.1, -0.05) is 42.5 Å². The molecule has 1 N–H and O–H groups in total. The minimum absolute atomic E-state index is 0.164. The van der Waals surface area contributed by atoms with Crippen LogP contribution < -0.4 is 5.32 Å². The molecule has 1 amide bonds. The summed E-state index contributed by atoms with van der Waals surface area (Å²) in [5.41, 5.74) is 0.631. The number of hydrogen-bond donors (Lipinski definition) is 1. The number of thiophene rings is 1. The smallest absolute Gasteiger partial charge is 0.257 e. The predicted molar refractivity (Wildman–Crippen MR) is 92.7 cm³/mol. The zero-order valence-electron chi connectivity index (χ0n) is 12.6. The van der Waals surface area contributed by atoms with Crippen LogP contribution >= 0.6 is 11.3 Å². The van der Waals surface area contributed by atoms with Crippen LogP contribution in [0.2, 0.25) is 0 Å². The van der Waals surface area contributed by atoms with Gasteiger partial charge in [-0.2, -0.15) is 0 Å². The maximum absolute atomic E-state index is 12.5. The number of nitrogens with one attached hydrogen (secondary N) is 1. The monoisotopic (exact) mass is 335 g/mol. The first-order chi connectivity index (χ1) is 11.8. The molecular weight excluding hydrogens is 322 g/mol. The van der Waals surface area contributed by atoms with E-state index < -0.39 is 0 Å². The van der Waals surface area contributed by atoms with E-state index >= 15 is 0 Å². The molecule has 0 saturated heterocycles. The van der Waals surface area contributed by atoms with Crippen molar-refractivity contribution in [2.45, 2.75) is 6.54 Å². The summed E-state index contributed by atoms with van der Waals surface area (Å²) in [4.78, 5) is 13.4. The van der Waals surface area contributed by atoms with E-state index in [0.29, 0.717) is 17.3 Å². The van der Waals surface area contributed by atoms with Gasteiger partial charge in [-0.3, -0.25) is 4.79 Å². The van der Waals surface area contributed by atoms with Gasteiger partial charge in [0.15, 0.2) is 0 Å². The Morgan fingerprint density at radius 3 is 2.79 bits per heavy atom. The molecule has 0 aliphatic rings. The van der Waals surface area contributed by atoms with Gasteiger partial charge in [0.05, 0.1) is 11.4 Å². The molecule has 4 aromatic rings. The second kappa shape index (κ2) is 6.25. The van der Waals surface area contributed by atoms with E-state index in [9.17, 15) is 4.79 Å². The lowest BCUT2D eigenvalue weighted by Crippen LogP contribution is -2.23. The van der Waals surface area contributed by atoms with Crippen molar-refractivity contribution in [3.05, 3.63) is 71.4 Å². The van der Waals surface area contributed by atoms with E-state index in [1.165, 1.54) is 11.3 Å². The molecule has 5 nitrogen and oxygen atoms in total. The van der Waals surface area contributed by atoms with Gasteiger partial charge in [-0.25, -0.2) is 0 Å². The molecule has 2 heterocycles. The number of carbonyl (C=O) groups excluding carboxylic acids is 1. The lowest BCUT2D eigenvalue weighted by molar-refractivity contribution is 0.0949. The topological polar surface area (TPSA) is 68.0 Å². The zero-order valence-corrected chi connectivity index (χ0v) is 13.4. The summed E-state index contributed by atoms with van der Waals surface area (Å²) in [6.07, 6.45) is 0. The highest BCUT2D eigenvalue weighted by Crippen LogP contribution is 2.23. The normalized spacial score (nSPS) is 10.8. The fourth-order valence-corrected chi connectivity index (χ4v) is 3.14. The first-order valence-electron chi connectivity index (χ1n) is 7.43. The molecule has 6 heteroatoms. The van der Waals surface area contributed by atoms with Crippen molar-refractivity contribution in [3.63, 3.8) is 0 Å². The van der Waals surface area contributed by atoms with Gasteiger partial charge in [-0.05, 0) is 28.3 Å². The highest BCUT2D eigenvalue weighted by Gasteiger charge is 2.13. The number of hydrogen-bond acceptors (Lipinski definition) is 5. The molecule has 0 aliphatic carbocycles. The number of aromatic nitrogens is 2. The summed E-state index contributed by atoms with van der Waals surface area (Å²) >= 11 is 1.53. The molecule has 0 saturated carbocycles. The molecule has 0 spiro atoms. The Morgan fingerprint density at radius 2 is 1.92 bits per heavy atom. The van der Waals surface area contributed by atoms with Crippen LogP contribution in [0.5, 0.6) is 0 Å². The summed E-state index contributed by atoms with van der Waals surface area (Å²) in [6, 6.07) is 17.3. The van der Waals surface area contributed by atoms with Crippen LogP contribution in [-0.2, 0) is 6.54 Å². The molecule has 0 unspecified atom stereocenters. The lowest BCUT2D eigenvalue weighted by Gasteiger charge is -2.06. The molecule has 0 radical (unpaired) electrons. The molecule has 4 rings (SSSR count). The van der Waals surface area contributed by atoms with Crippen molar-refractivity contribution in [2.24, 2.45) is 0 Å². The van der Waals surface area contributed by atoms with E-state index in [1.54, 1.807) is 0 Å². The van der Waals surface area contributed by atoms with Crippen LogP contribution in [0.15, 0.2) is 64.4 Å². The Labute approximate surface area is 142 Å². The number of rotatable bonds is 4. The van der Waals surface area contributed by atoms with Crippen LogP contribution in [0.1, 0.15) is 16.2 Å². The first-order valence-corrected chi connectivity index (χ1v) is 8.31. The maximum atomic E-state index is 12.5. The van der Waals surface area contributed by atoms with Crippen LogP contribution in [0.4, 0.5) is 0 Å².